The highest BCUT2D eigenvalue weighted by molar-refractivity contribution is 7.47. The van der Waals surface area contributed by atoms with E-state index in [0.717, 1.165) is 51.4 Å². The Morgan fingerprint density at radius 1 is 0.711 bits per heavy atom. The Bertz CT molecular complexity index is 906. The van der Waals surface area contributed by atoms with E-state index in [1.807, 2.05) is 21.1 Å². The van der Waals surface area contributed by atoms with E-state index >= 15 is 0 Å². The molecule has 8 nitrogen and oxygen atoms in total. The molecule has 45 heavy (non-hydrogen) atoms. The fourth-order valence-electron chi connectivity index (χ4n) is 3.94. The molecule has 1 N–H and O–H groups in total. The van der Waals surface area contributed by atoms with Crippen LogP contribution in [0, 0.1) is 0 Å². The summed E-state index contributed by atoms with van der Waals surface area (Å²) in [7, 11) is 1.62. The summed E-state index contributed by atoms with van der Waals surface area (Å²) in [6.45, 7) is 5.34. The maximum atomic E-state index is 12.5. The minimum atomic E-state index is -4.27. The molecule has 0 fully saturated rings. The molecule has 2 atom stereocenters. The van der Waals surface area contributed by atoms with E-state index in [2.05, 4.69) is 74.6 Å². The van der Waals surface area contributed by atoms with Crippen LogP contribution < -0.4 is 0 Å². The molecule has 0 aromatic heterocycles. The van der Waals surface area contributed by atoms with Gasteiger partial charge in [-0.15, -0.1) is 0 Å². The Hall–Kier alpha value is -1.80. The van der Waals surface area contributed by atoms with Gasteiger partial charge in [0.15, 0.2) is 0 Å². The summed E-state index contributed by atoms with van der Waals surface area (Å²) in [4.78, 5) is 22.6. The number of quaternary nitrogens is 1. The Kier molecular flexibility index (Phi) is 28.4. The summed E-state index contributed by atoms with van der Waals surface area (Å²) >= 11 is 0. The monoisotopic (exact) mass is 654 g/mol. The zero-order valence-corrected chi connectivity index (χ0v) is 30.0. The predicted molar refractivity (Wildman–Crippen MR) is 187 cm³/mol. The zero-order valence-electron chi connectivity index (χ0n) is 29.1. The van der Waals surface area contributed by atoms with Gasteiger partial charge in [-0.3, -0.25) is 13.8 Å². The summed E-state index contributed by atoms with van der Waals surface area (Å²) in [6.07, 6.45) is 34.2. The van der Waals surface area contributed by atoms with Gasteiger partial charge >= 0.3 is 13.8 Å². The second kappa shape index (κ2) is 29.6. The van der Waals surface area contributed by atoms with Crippen LogP contribution in [0.2, 0.25) is 0 Å². The van der Waals surface area contributed by atoms with Crippen LogP contribution in [0.5, 0.6) is 0 Å². The van der Waals surface area contributed by atoms with Crippen molar-refractivity contribution in [3.8, 4) is 0 Å². The van der Waals surface area contributed by atoms with Crippen molar-refractivity contribution in [2.45, 2.75) is 110 Å². The molecule has 2 unspecified atom stereocenters. The van der Waals surface area contributed by atoms with E-state index in [9.17, 15) is 14.3 Å². The maximum absolute atomic E-state index is 12.5. The molecule has 260 valence electrons. The van der Waals surface area contributed by atoms with Gasteiger partial charge in [0.05, 0.1) is 34.4 Å². The van der Waals surface area contributed by atoms with Gasteiger partial charge < -0.3 is 18.9 Å². The van der Waals surface area contributed by atoms with Gasteiger partial charge in [0, 0.05) is 13.0 Å². The van der Waals surface area contributed by atoms with E-state index < -0.39 is 13.9 Å². The number of carbonyl (C=O) groups is 1. The number of esters is 1. The molecule has 0 amide bonds. The lowest BCUT2D eigenvalue weighted by molar-refractivity contribution is -0.870. The van der Waals surface area contributed by atoms with Crippen LogP contribution in [0.1, 0.15) is 104 Å². The average Bonchev–Trinajstić information content (AvgIpc) is 2.98. The molecule has 0 saturated heterocycles. The number of phosphoric ester groups is 1. The first kappa shape index (κ1) is 43.2. The fourth-order valence-corrected chi connectivity index (χ4v) is 4.68. The lowest BCUT2D eigenvalue weighted by Crippen LogP contribution is -2.37. The molecule has 9 heteroatoms. The third kappa shape index (κ3) is 33.4. The molecule has 0 aliphatic heterocycles. The second-order valence-corrected chi connectivity index (χ2v) is 13.6. The third-order valence-electron chi connectivity index (χ3n) is 6.59. The quantitative estimate of drug-likeness (QED) is 0.0272. The second-order valence-electron chi connectivity index (χ2n) is 12.2. The Morgan fingerprint density at radius 2 is 1.27 bits per heavy atom. The Labute approximate surface area is 275 Å². The van der Waals surface area contributed by atoms with Crippen molar-refractivity contribution in [1.29, 1.82) is 0 Å². The van der Waals surface area contributed by atoms with Crippen LogP contribution in [0.25, 0.3) is 0 Å². The topological polar surface area (TPSA) is 91.3 Å². The minimum Gasteiger partial charge on any atom is -0.457 e. The van der Waals surface area contributed by atoms with Gasteiger partial charge in [-0.2, -0.15) is 0 Å². The van der Waals surface area contributed by atoms with Crippen molar-refractivity contribution in [2.75, 3.05) is 54.1 Å². The maximum Gasteiger partial charge on any atom is 0.472 e. The van der Waals surface area contributed by atoms with Gasteiger partial charge in [0.1, 0.15) is 19.3 Å². The van der Waals surface area contributed by atoms with Gasteiger partial charge in [0.2, 0.25) is 0 Å². The smallest absolute Gasteiger partial charge is 0.457 e. The first-order valence-corrected chi connectivity index (χ1v) is 18.5. The highest BCUT2D eigenvalue weighted by Gasteiger charge is 2.26. The van der Waals surface area contributed by atoms with Crippen molar-refractivity contribution < 1.29 is 37.3 Å². The standard InChI is InChI=1S/C36H64NO7P/c1-6-8-10-12-14-15-16-17-18-19-20-21-22-23-24-25-27-29-36(38)44-35(33-41-31-28-26-13-11-9-7-2)34-43-45(39,40)42-32-30-37(3,4)5/h8,10,14-15,17-18,20-21,23-24,35H,6-7,9,11-13,16,19,22,25-34H2,1-5H3/p+1/b10-8-,15-14-,18-17-,21-20-,24-23-. The van der Waals surface area contributed by atoms with Gasteiger partial charge in [-0.1, -0.05) is 107 Å². The highest BCUT2D eigenvalue weighted by atomic mass is 31.2. The van der Waals surface area contributed by atoms with Crippen LogP contribution in [0.4, 0.5) is 0 Å². The van der Waals surface area contributed by atoms with Crippen LogP contribution >= 0.6 is 7.82 Å². The van der Waals surface area contributed by atoms with E-state index in [0.29, 0.717) is 24.1 Å². The van der Waals surface area contributed by atoms with Crippen molar-refractivity contribution in [3.63, 3.8) is 0 Å². The molecular weight excluding hydrogens is 589 g/mol. The molecule has 0 aromatic carbocycles. The number of carbonyl (C=O) groups excluding carboxylic acids is 1. The molecule has 0 saturated carbocycles. The van der Waals surface area contributed by atoms with Crippen LogP contribution in [0.15, 0.2) is 60.8 Å². The summed E-state index contributed by atoms with van der Waals surface area (Å²) in [5.74, 6) is -0.377. The number of hydrogen-bond donors (Lipinski definition) is 1. The molecule has 0 aliphatic carbocycles. The zero-order chi connectivity index (χ0) is 33.5. The molecule has 0 aliphatic rings. The van der Waals surface area contributed by atoms with E-state index in [4.69, 9.17) is 18.5 Å². The normalized spacial score (nSPS) is 14.9. The van der Waals surface area contributed by atoms with E-state index in [1.54, 1.807) is 0 Å². The van der Waals surface area contributed by atoms with Crippen molar-refractivity contribution >= 4 is 13.8 Å². The highest BCUT2D eigenvalue weighted by Crippen LogP contribution is 2.43. The molecule has 0 aromatic rings. The molecule has 0 rings (SSSR count). The summed E-state index contributed by atoms with van der Waals surface area (Å²) < 4.78 is 34.5. The number of nitrogens with zero attached hydrogens (tertiary/aromatic N) is 1. The van der Waals surface area contributed by atoms with Crippen LogP contribution in [-0.2, 0) is 27.9 Å². The lowest BCUT2D eigenvalue weighted by atomic mass is 10.1. The molecule has 0 spiro atoms. The Balaban J connectivity index is 4.40. The van der Waals surface area contributed by atoms with Crippen molar-refractivity contribution in [2.24, 2.45) is 0 Å². The van der Waals surface area contributed by atoms with Crippen LogP contribution in [-0.4, -0.2) is 75.6 Å². The van der Waals surface area contributed by atoms with Gasteiger partial charge in [-0.05, 0) is 51.4 Å². The number of allylic oxidation sites excluding steroid dienone is 10. The molecule has 0 heterocycles. The Morgan fingerprint density at radius 3 is 1.84 bits per heavy atom. The fraction of sp³-hybridized carbons (Fsp3) is 0.694. The molecule has 0 radical (unpaired) electrons. The summed E-state index contributed by atoms with van der Waals surface area (Å²) in [5.41, 5.74) is 0. The van der Waals surface area contributed by atoms with Gasteiger partial charge in [0.25, 0.3) is 0 Å². The first-order valence-electron chi connectivity index (χ1n) is 17.0. The number of hydrogen-bond acceptors (Lipinski definition) is 6. The minimum absolute atomic E-state index is 0.0755. The molecule has 0 bridgehead atoms. The summed E-state index contributed by atoms with van der Waals surface area (Å²) in [6, 6.07) is 0. The van der Waals surface area contributed by atoms with Crippen molar-refractivity contribution in [1.82, 2.24) is 0 Å². The van der Waals surface area contributed by atoms with Crippen molar-refractivity contribution in [3.05, 3.63) is 60.8 Å². The predicted octanol–water partition coefficient (Wildman–Crippen LogP) is 9.04. The number of likely N-dealkylation sites (N-methyl/N-ethyl adjacent to an activating group) is 1. The number of phosphoric acid groups is 1. The SMILES string of the molecule is CC/C=C\C/C=C\C/C=C\C/C=C\C/C=C\CCCC(=O)OC(COCCCCCCCC)COP(=O)(O)OCC[N+](C)(C)C. The lowest BCUT2D eigenvalue weighted by Gasteiger charge is -2.24. The first-order chi connectivity index (χ1) is 21.6. The number of rotatable bonds is 30. The molecular formula is C36H65NO7P+. The summed E-state index contributed by atoms with van der Waals surface area (Å²) in [5, 5.41) is 0. The van der Waals surface area contributed by atoms with E-state index in [-0.39, 0.29) is 32.2 Å². The number of unbranched alkanes of at least 4 members (excludes halogenated alkanes) is 6. The average molecular weight is 655 g/mol. The largest absolute Gasteiger partial charge is 0.472 e. The van der Waals surface area contributed by atoms with Gasteiger partial charge in [-0.25, -0.2) is 4.57 Å². The van der Waals surface area contributed by atoms with Crippen LogP contribution in [0.3, 0.4) is 0 Å². The number of ether oxygens (including phenoxy) is 2. The van der Waals surface area contributed by atoms with E-state index in [1.165, 1.54) is 25.7 Å². The third-order valence-corrected chi connectivity index (χ3v) is 7.58.